The number of rotatable bonds is 5. The molecule has 2 rings (SSSR count). The molecule has 5 heteroatoms. The van der Waals surface area contributed by atoms with Crippen LogP contribution in [0.25, 0.3) is 6.08 Å². The van der Waals surface area contributed by atoms with Gasteiger partial charge >= 0.3 is 0 Å². The molecule has 24 heavy (non-hydrogen) atoms. The van der Waals surface area contributed by atoms with Crippen molar-refractivity contribution in [2.24, 2.45) is 5.92 Å². The summed E-state index contributed by atoms with van der Waals surface area (Å²) < 4.78 is 39.4. The number of benzene rings is 2. The van der Waals surface area contributed by atoms with Crippen molar-refractivity contribution in [1.29, 1.82) is 0 Å². The van der Waals surface area contributed by atoms with Crippen LogP contribution in [0.2, 0.25) is 0 Å². The Morgan fingerprint density at radius 1 is 1.04 bits per heavy atom. The Morgan fingerprint density at radius 2 is 1.71 bits per heavy atom. The number of hydrogen-bond acceptors (Lipinski definition) is 1. The molecule has 0 radical (unpaired) electrons. The lowest BCUT2D eigenvalue weighted by Gasteiger charge is -2.05. The first-order valence-corrected chi connectivity index (χ1v) is 7.58. The van der Waals surface area contributed by atoms with E-state index in [4.69, 9.17) is 0 Å². The van der Waals surface area contributed by atoms with E-state index in [-0.39, 0.29) is 0 Å². The first kappa shape index (κ1) is 17.8. The van der Waals surface area contributed by atoms with Crippen LogP contribution in [0, 0.1) is 23.4 Å². The number of hydrogen-bond donors (Lipinski definition) is 1. The van der Waals surface area contributed by atoms with Gasteiger partial charge in [0.2, 0.25) is 5.91 Å². The van der Waals surface area contributed by atoms with Crippen molar-refractivity contribution < 1.29 is 18.0 Å². The van der Waals surface area contributed by atoms with E-state index in [2.05, 4.69) is 19.2 Å². The molecule has 0 saturated heterocycles. The minimum Gasteiger partial charge on any atom is -0.320 e. The Hall–Kier alpha value is -2.56. The summed E-state index contributed by atoms with van der Waals surface area (Å²) in [5.74, 6) is -4.41. The number of carbonyl (C=O) groups excluding carboxylic acids is 1. The molecular formula is C19H18F3NO. The average molecular weight is 333 g/mol. The van der Waals surface area contributed by atoms with E-state index in [9.17, 15) is 18.0 Å². The lowest BCUT2D eigenvalue weighted by atomic mass is 10.0. The van der Waals surface area contributed by atoms with Crippen molar-refractivity contribution >= 4 is 17.7 Å². The molecule has 0 spiro atoms. The fourth-order valence-electron chi connectivity index (χ4n) is 2.20. The summed E-state index contributed by atoms with van der Waals surface area (Å²) >= 11 is 0. The summed E-state index contributed by atoms with van der Waals surface area (Å²) in [6.45, 7) is 4.27. The molecule has 0 aromatic heterocycles. The number of halogens is 3. The Kier molecular flexibility index (Phi) is 5.79. The highest BCUT2D eigenvalue weighted by atomic mass is 19.2. The van der Waals surface area contributed by atoms with Crippen LogP contribution in [0.4, 0.5) is 18.9 Å². The zero-order chi connectivity index (χ0) is 17.7. The van der Waals surface area contributed by atoms with Gasteiger partial charge in [0.15, 0.2) is 17.5 Å². The highest BCUT2D eigenvalue weighted by Gasteiger charge is 2.14. The van der Waals surface area contributed by atoms with Crippen LogP contribution in [0.3, 0.4) is 0 Å². The van der Waals surface area contributed by atoms with E-state index in [0.717, 1.165) is 24.1 Å². The number of nitrogens with one attached hydrogen (secondary N) is 1. The van der Waals surface area contributed by atoms with Crippen LogP contribution in [0.1, 0.15) is 25.0 Å². The molecule has 0 unspecified atom stereocenters. The van der Waals surface area contributed by atoms with Gasteiger partial charge in [-0.3, -0.25) is 4.79 Å². The minimum atomic E-state index is -1.61. The van der Waals surface area contributed by atoms with Gasteiger partial charge in [-0.05, 0) is 41.7 Å². The van der Waals surface area contributed by atoms with E-state index >= 15 is 0 Å². The average Bonchev–Trinajstić information content (AvgIpc) is 2.54. The Labute approximate surface area is 139 Å². The predicted octanol–water partition coefficient (Wildman–Crippen LogP) is 4.95. The fraction of sp³-hybridized carbons (Fsp3) is 0.211. The minimum absolute atomic E-state index is 0.407. The first-order chi connectivity index (χ1) is 11.4. The van der Waals surface area contributed by atoms with Crippen molar-refractivity contribution in [3.8, 4) is 0 Å². The summed E-state index contributed by atoms with van der Waals surface area (Å²) in [5.41, 5.74) is 1.61. The van der Waals surface area contributed by atoms with Gasteiger partial charge in [-0.2, -0.15) is 0 Å². The predicted molar refractivity (Wildman–Crippen MR) is 89.0 cm³/mol. The second kappa shape index (κ2) is 7.81. The number of carbonyl (C=O) groups is 1. The molecule has 2 nitrogen and oxygen atoms in total. The van der Waals surface area contributed by atoms with Gasteiger partial charge in [-0.1, -0.05) is 38.1 Å². The molecule has 0 saturated carbocycles. The monoisotopic (exact) mass is 333 g/mol. The molecule has 0 aliphatic heterocycles. The second-order valence-electron chi connectivity index (χ2n) is 5.89. The van der Waals surface area contributed by atoms with Crippen LogP contribution in [-0.4, -0.2) is 5.91 Å². The largest absolute Gasteiger partial charge is 0.320 e. The summed E-state index contributed by atoms with van der Waals surface area (Å²) in [7, 11) is 0. The van der Waals surface area contributed by atoms with Gasteiger partial charge < -0.3 is 5.32 Å². The van der Waals surface area contributed by atoms with Gasteiger partial charge in [-0.15, -0.1) is 0 Å². The topological polar surface area (TPSA) is 29.1 Å². The van der Waals surface area contributed by atoms with E-state index in [1.165, 1.54) is 11.6 Å². The van der Waals surface area contributed by atoms with Gasteiger partial charge in [0.1, 0.15) is 0 Å². The van der Waals surface area contributed by atoms with E-state index in [1.54, 1.807) is 6.08 Å². The first-order valence-electron chi connectivity index (χ1n) is 7.58. The smallest absolute Gasteiger partial charge is 0.248 e. The fourth-order valence-corrected chi connectivity index (χ4v) is 2.20. The van der Waals surface area contributed by atoms with Crippen molar-refractivity contribution in [2.75, 3.05) is 5.32 Å². The van der Waals surface area contributed by atoms with Crippen LogP contribution in [0.15, 0.2) is 42.5 Å². The molecule has 2 aromatic carbocycles. The molecule has 0 bridgehead atoms. The van der Waals surface area contributed by atoms with Gasteiger partial charge in [0.05, 0.1) is 5.69 Å². The zero-order valence-electron chi connectivity index (χ0n) is 13.4. The number of anilines is 1. The van der Waals surface area contributed by atoms with E-state index in [1.807, 2.05) is 24.3 Å². The van der Waals surface area contributed by atoms with E-state index in [0.29, 0.717) is 5.92 Å². The normalized spacial score (nSPS) is 11.2. The third-order valence-electron chi connectivity index (χ3n) is 3.34. The van der Waals surface area contributed by atoms with Crippen LogP contribution in [0.5, 0.6) is 0 Å². The van der Waals surface area contributed by atoms with Crippen molar-refractivity contribution in [3.05, 3.63) is 71.1 Å². The van der Waals surface area contributed by atoms with Gasteiger partial charge in [-0.25, -0.2) is 13.2 Å². The molecule has 1 N–H and O–H groups in total. The second-order valence-corrected chi connectivity index (χ2v) is 5.89. The Bertz CT molecular complexity index is 752. The van der Waals surface area contributed by atoms with Crippen LogP contribution >= 0.6 is 0 Å². The van der Waals surface area contributed by atoms with Crippen LogP contribution < -0.4 is 5.32 Å². The summed E-state index contributed by atoms with van der Waals surface area (Å²) in [6.07, 6.45) is 3.74. The van der Waals surface area contributed by atoms with Gasteiger partial charge in [0, 0.05) is 6.08 Å². The molecule has 0 heterocycles. The van der Waals surface area contributed by atoms with Crippen molar-refractivity contribution in [2.45, 2.75) is 20.3 Å². The van der Waals surface area contributed by atoms with Crippen molar-refractivity contribution in [1.82, 2.24) is 0 Å². The summed E-state index contributed by atoms with van der Waals surface area (Å²) in [4.78, 5) is 11.8. The Morgan fingerprint density at radius 3 is 2.33 bits per heavy atom. The lowest BCUT2D eigenvalue weighted by molar-refractivity contribution is -0.111. The Balaban J connectivity index is 2.02. The number of amides is 1. The maximum atomic E-state index is 13.5. The molecule has 0 aliphatic rings. The molecule has 126 valence electrons. The van der Waals surface area contributed by atoms with Crippen molar-refractivity contribution in [3.63, 3.8) is 0 Å². The molecule has 0 aliphatic carbocycles. The molecule has 2 aromatic rings. The SMILES string of the molecule is CC(C)Cc1ccc(/C=C/C(=O)Nc2ccc(F)c(F)c2F)cc1. The third kappa shape index (κ3) is 4.72. The standard InChI is InChI=1S/C19H18F3NO/c1-12(2)11-14-5-3-13(4-6-14)7-10-17(24)23-16-9-8-15(20)18(21)19(16)22/h3-10,12H,11H2,1-2H3,(H,23,24)/b10-7+. The van der Waals surface area contributed by atoms with E-state index < -0.39 is 29.0 Å². The highest BCUT2D eigenvalue weighted by molar-refractivity contribution is 6.02. The highest BCUT2D eigenvalue weighted by Crippen LogP contribution is 2.19. The molecule has 0 fully saturated rings. The third-order valence-corrected chi connectivity index (χ3v) is 3.34. The molecular weight excluding hydrogens is 315 g/mol. The zero-order valence-corrected chi connectivity index (χ0v) is 13.4. The summed E-state index contributed by atoms with van der Waals surface area (Å²) in [5, 5.41) is 2.18. The summed E-state index contributed by atoms with van der Waals surface area (Å²) in [6, 6.07) is 9.43. The maximum absolute atomic E-state index is 13.5. The van der Waals surface area contributed by atoms with Crippen LogP contribution in [-0.2, 0) is 11.2 Å². The maximum Gasteiger partial charge on any atom is 0.248 e. The van der Waals surface area contributed by atoms with Gasteiger partial charge in [0.25, 0.3) is 0 Å². The lowest BCUT2D eigenvalue weighted by Crippen LogP contribution is -2.10. The quantitative estimate of drug-likeness (QED) is 0.608. The molecule has 0 atom stereocenters. The molecule has 1 amide bonds.